The van der Waals surface area contributed by atoms with E-state index in [0.717, 1.165) is 25.7 Å². The molecule has 0 saturated carbocycles. The first kappa shape index (κ1) is 33.0. The molecule has 0 rings (SSSR count). The molecule has 0 aliphatic rings. The van der Waals surface area contributed by atoms with Gasteiger partial charge in [0.15, 0.2) is 0 Å². The molecule has 0 spiro atoms. The smallest absolute Gasteiger partial charge is 0.435 e. The monoisotopic (exact) mass is 504 g/mol. The molecule has 0 amide bonds. The maximum absolute atomic E-state index is 11.7. The SMILES string of the molecule is CCCCCCCC/C=C/CCCCCCCC(=O)O/C=C/COP(=O)(O)OCC[N+](C)(C)C. The summed E-state index contributed by atoms with van der Waals surface area (Å²) in [4.78, 5) is 21.3. The molecule has 8 heteroatoms. The average Bonchev–Trinajstić information content (AvgIpc) is 2.75. The number of unbranched alkanes of at least 4 members (excludes halogenated alkanes) is 11. The third-order valence-electron chi connectivity index (χ3n) is 5.29. The molecule has 0 heterocycles. The number of esters is 1. The van der Waals surface area contributed by atoms with E-state index in [1.54, 1.807) is 0 Å². The Hall–Kier alpha value is -0.980. The van der Waals surface area contributed by atoms with E-state index in [9.17, 15) is 14.3 Å². The molecule has 1 N–H and O–H groups in total. The number of phosphoric acid groups is 1. The Balaban J connectivity index is 3.54. The number of phosphoric ester groups is 1. The second kappa shape index (κ2) is 21.3. The Bertz CT molecular complexity index is 601. The zero-order chi connectivity index (χ0) is 25.5. The van der Waals surface area contributed by atoms with E-state index in [1.807, 2.05) is 21.1 Å². The van der Waals surface area contributed by atoms with Gasteiger partial charge in [-0.15, -0.1) is 0 Å². The van der Waals surface area contributed by atoms with Crippen molar-refractivity contribution in [2.75, 3.05) is 40.9 Å². The highest BCUT2D eigenvalue weighted by Crippen LogP contribution is 2.42. The predicted molar refractivity (Wildman–Crippen MR) is 139 cm³/mol. The fourth-order valence-corrected chi connectivity index (χ4v) is 3.83. The number of carbonyl (C=O) groups excluding carboxylic acids is 1. The Labute approximate surface area is 208 Å². The van der Waals surface area contributed by atoms with Crippen molar-refractivity contribution in [2.24, 2.45) is 0 Å². The van der Waals surface area contributed by atoms with Crippen LogP contribution in [0.5, 0.6) is 0 Å². The van der Waals surface area contributed by atoms with Crippen LogP contribution in [0, 0.1) is 0 Å². The summed E-state index contributed by atoms with van der Waals surface area (Å²) in [5, 5.41) is 0. The van der Waals surface area contributed by atoms with E-state index in [4.69, 9.17) is 13.8 Å². The van der Waals surface area contributed by atoms with Crippen molar-refractivity contribution in [3.05, 3.63) is 24.5 Å². The fourth-order valence-electron chi connectivity index (χ4n) is 3.17. The Morgan fingerprint density at radius 3 is 1.97 bits per heavy atom. The van der Waals surface area contributed by atoms with Gasteiger partial charge in [-0.3, -0.25) is 13.8 Å². The number of carbonyl (C=O) groups is 1. The molecular weight excluding hydrogens is 453 g/mol. The first-order valence-electron chi connectivity index (χ1n) is 13.1. The number of allylic oxidation sites excluding steroid dienone is 2. The van der Waals surface area contributed by atoms with Crippen molar-refractivity contribution in [3.63, 3.8) is 0 Å². The van der Waals surface area contributed by atoms with Gasteiger partial charge in [0.2, 0.25) is 0 Å². The third kappa shape index (κ3) is 25.6. The zero-order valence-electron chi connectivity index (χ0n) is 22.2. The van der Waals surface area contributed by atoms with Gasteiger partial charge in [-0.05, 0) is 38.2 Å². The highest BCUT2D eigenvalue weighted by Gasteiger charge is 2.21. The van der Waals surface area contributed by atoms with Crippen LogP contribution in [0.4, 0.5) is 0 Å². The van der Waals surface area contributed by atoms with E-state index in [2.05, 4.69) is 19.1 Å². The van der Waals surface area contributed by atoms with Crippen LogP contribution in [-0.4, -0.2) is 56.2 Å². The molecule has 1 atom stereocenters. The van der Waals surface area contributed by atoms with Crippen molar-refractivity contribution in [3.8, 4) is 0 Å². The van der Waals surface area contributed by atoms with Gasteiger partial charge < -0.3 is 14.1 Å². The molecule has 0 aromatic rings. The Morgan fingerprint density at radius 2 is 1.38 bits per heavy atom. The molecule has 0 radical (unpaired) electrons. The minimum absolute atomic E-state index is 0.117. The van der Waals surface area contributed by atoms with Crippen LogP contribution in [-0.2, 0) is 23.1 Å². The lowest BCUT2D eigenvalue weighted by atomic mass is 10.1. The van der Waals surface area contributed by atoms with E-state index in [1.165, 1.54) is 70.1 Å². The van der Waals surface area contributed by atoms with E-state index in [0.29, 0.717) is 17.4 Å². The maximum atomic E-state index is 11.7. The molecule has 7 nitrogen and oxygen atoms in total. The molecule has 0 fully saturated rings. The van der Waals surface area contributed by atoms with Crippen LogP contribution in [0.25, 0.3) is 0 Å². The largest absolute Gasteiger partial charge is 0.472 e. The molecule has 0 aliphatic heterocycles. The zero-order valence-corrected chi connectivity index (χ0v) is 23.1. The van der Waals surface area contributed by atoms with E-state index in [-0.39, 0.29) is 19.2 Å². The molecule has 0 saturated heterocycles. The van der Waals surface area contributed by atoms with Crippen LogP contribution in [0.1, 0.15) is 96.8 Å². The molecule has 0 bridgehead atoms. The number of quaternary nitrogens is 1. The lowest BCUT2D eigenvalue weighted by Crippen LogP contribution is -2.37. The van der Waals surface area contributed by atoms with Crippen molar-refractivity contribution in [1.29, 1.82) is 0 Å². The first-order valence-corrected chi connectivity index (χ1v) is 14.6. The molecule has 200 valence electrons. The van der Waals surface area contributed by atoms with Gasteiger partial charge in [0, 0.05) is 6.42 Å². The number of likely N-dealkylation sites (N-methyl/N-ethyl adjacent to an activating group) is 1. The third-order valence-corrected chi connectivity index (χ3v) is 6.27. The van der Waals surface area contributed by atoms with Crippen LogP contribution in [0.2, 0.25) is 0 Å². The number of hydrogen-bond donors (Lipinski definition) is 1. The van der Waals surface area contributed by atoms with Crippen molar-refractivity contribution in [2.45, 2.75) is 96.8 Å². The standard InChI is InChI=1S/C26H50NO6P/c1-5-6-7-8-9-10-11-12-13-14-15-16-17-18-19-21-26(28)31-23-20-24-32-34(29,30)33-25-22-27(2,3)4/h12-13,20,23H,5-11,14-19,21-22,24-25H2,1-4H3/p+1/b13-12+,23-20+. The number of rotatable bonds is 23. The van der Waals surface area contributed by atoms with Gasteiger partial charge in [0.05, 0.1) is 34.0 Å². The Morgan fingerprint density at radius 1 is 0.824 bits per heavy atom. The quantitative estimate of drug-likeness (QED) is 0.0406. The summed E-state index contributed by atoms with van der Waals surface area (Å²) in [6, 6.07) is 0. The topological polar surface area (TPSA) is 82.1 Å². The summed E-state index contributed by atoms with van der Waals surface area (Å²) in [6.45, 7) is 2.78. The van der Waals surface area contributed by atoms with Gasteiger partial charge in [-0.2, -0.15) is 0 Å². The molecular formula is C26H51NO6P+. The van der Waals surface area contributed by atoms with Crippen molar-refractivity contribution < 1.29 is 32.5 Å². The molecule has 34 heavy (non-hydrogen) atoms. The normalized spacial score (nSPS) is 14.1. The summed E-state index contributed by atoms with van der Waals surface area (Å²) in [6.07, 6.45) is 23.4. The van der Waals surface area contributed by atoms with E-state index >= 15 is 0 Å². The first-order chi connectivity index (χ1) is 16.2. The van der Waals surface area contributed by atoms with E-state index < -0.39 is 7.82 Å². The van der Waals surface area contributed by atoms with Gasteiger partial charge in [-0.1, -0.05) is 70.4 Å². The molecule has 0 aliphatic carbocycles. The highest BCUT2D eigenvalue weighted by atomic mass is 31.2. The summed E-state index contributed by atoms with van der Waals surface area (Å²) in [5.74, 6) is -0.305. The lowest BCUT2D eigenvalue weighted by molar-refractivity contribution is -0.870. The lowest BCUT2D eigenvalue weighted by Gasteiger charge is -2.23. The fraction of sp³-hybridized carbons (Fsp3) is 0.808. The average molecular weight is 505 g/mol. The highest BCUT2D eigenvalue weighted by molar-refractivity contribution is 7.47. The van der Waals surface area contributed by atoms with Crippen LogP contribution >= 0.6 is 7.82 Å². The summed E-state index contributed by atoms with van der Waals surface area (Å²) < 4.78 is 27.0. The summed E-state index contributed by atoms with van der Waals surface area (Å²) in [5.41, 5.74) is 0. The van der Waals surface area contributed by atoms with Gasteiger partial charge in [-0.25, -0.2) is 4.57 Å². The van der Waals surface area contributed by atoms with Crippen LogP contribution < -0.4 is 0 Å². The maximum Gasteiger partial charge on any atom is 0.472 e. The molecule has 0 aromatic heterocycles. The number of hydrogen-bond acceptors (Lipinski definition) is 5. The van der Waals surface area contributed by atoms with Crippen molar-refractivity contribution >= 4 is 13.8 Å². The second-order valence-corrected chi connectivity index (χ2v) is 11.3. The van der Waals surface area contributed by atoms with Gasteiger partial charge >= 0.3 is 13.8 Å². The minimum Gasteiger partial charge on any atom is -0.435 e. The predicted octanol–water partition coefficient (Wildman–Crippen LogP) is 6.92. The number of nitrogens with zero attached hydrogens (tertiary/aromatic N) is 1. The van der Waals surface area contributed by atoms with Gasteiger partial charge in [0.1, 0.15) is 13.2 Å². The molecule has 0 aromatic carbocycles. The summed E-state index contributed by atoms with van der Waals surface area (Å²) in [7, 11) is 1.78. The Kier molecular flexibility index (Phi) is 20.7. The molecule has 1 unspecified atom stereocenters. The summed E-state index contributed by atoms with van der Waals surface area (Å²) >= 11 is 0. The van der Waals surface area contributed by atoms with Gasteiger partial charge in [0.25, 0.3) is 0 Å². The van der Waals surface area contributed by atoms with Crippen molar-refractivity contribution in [1.82, 2.24) is 0 Å². The number of ether oxygens (including phenoxy) is 1. The minimum atomic E-state index is -4.09. The second-order valence-electron chi connectivity index (χ2n) is 9.81. The van der Waals surface area contributed by atoms with Crippen LogP contribution in [0.15, 0.2) is 24.5 Å². The van der Waals surface area contributed by atoms with Crippen LogP contribution in [0.3, 0.4) is 0 Å².